The third-order valence-corrected chi connectivity index (χ3v) is 3.66. The largest absolute Gasteiger partial charge is 0.480 e. The molecule has 1 aliphatic rings. The predicted octanol–water partition coefficient (Wildman–Crippen LogP) is 2.66. The molecule has 0 aliphatic heterocycles. The standard InChI is InChI=1S/C13H25NO2/c1-10(2)8-13(6-4-5-7-13)9-14-11(3)12(15)16/h10-11,14H,4-9H2,1-3H3,(H,15,16). The van der Waals surface area contributed by atoms with Crippen LogP contribution in [0.15, 0.2) is 0 Å². The van der Waals surface area contributed by atoms with Crippen LogP contribution in [0.3, 0.4) is 0 Å². The molecule has 16 heavy (non-hydrogen) atoms. The van der Waals surface area contributed by atoms with Gasteiger partial charge in [0.15, 0.2) is 0 Å². The first-order valence-corrected chi connectivity index (χ1v) is 6.41. The molecule has 0 saturated heterocycles. The first-order valence-electron chi connectivity index (χ1n) is 6.41. The third kappa shape index (κ3) is 3.78. The summed E-state index contributed by atoms with van der Waals surface area (Å²) in [5.74, 6) is -0.0577. The molecule has 0 aromatic heterocycles. The molecule has 1 saturated carbocycles. The number of hydrogen-bond donors (Lipinski definition) is 2. The van der Waals surface area contributed by atoms with E-state index in [4.69, 9.17) is 5.11 Å². The first kappa shape index (κ1) is 13.5. The van der Waals surface area contributed by atoms with Crippen molar-refractivity contribution in [1.82, 2.24) is 5.32 Å². The molecule has 3 nitrogen and oxygen atoms in total. The van der Waals surface area contributed by atoms with Crippen LogP contribution in [0.5, 0.6) is 0 Å². The van der Waals surface area contributed by atoms with Crippen LogP contribution in [0.1, 0.15) is 52.9 Å². The van der Waals surface area contributed by atoms with E-state index in [0.717, 1.165) is 6.54 Å². The summed E-state index contributed by atoms with van der Waals surface area (Å²) in [4.78, 5) is 10.8. The van der Waals surface area contributed by atoms with E-state index in [0.29, 0.717) is 11.3 Å². The Morgan fingerprint density at radius 1 is 1.31 bits per heavy atom. The topological polar surface area (TPSA) is 49.3 Å². The van der Waals surface area contributed by atoms with E-state index in [-0.39, 0.29) is 0 Å². The van der Waals surface area contributed by atoms with Crippen LogP contribution < -0.4 is 5.32 Å². The molecule has 0 heterocycles. The van der Waals surface area contributed by atoms with Crippen molar-refractivity contribution in [2.24, 2.45) is 11.3 Å². The maximum absolute atomic E-state index is 10.8. The van der Waals surface area contributed by atoms with Gasteiger partial charge in [-0.1, -0.05) is 26.7 Å². The van der Waals surface area contributed by atoms with Crippen LogP contribution in [0, 0.1) is 11.3 Å². The summed E-state index contributed by atoms with van der Waals surface area (Å²) < 4.78 is 0. The molecule has 0 aromatic carbocycles. The van der Waals surface area contributed by atoms with Gasteiger partial charge in [0.25, 0.3) is 0 Å². The number of hydrogen-bond acceptors (Lipinski definition) is 2. The Morgan fingerprint density at radius 3 is 2.31 bits per heavy atom. The Bertz CT molecular complexity index is 232. The number of nitrogens with one attached hydrogen (secondary N) is 1. The zero-order valence-corrected chi connectivity index (χ0v) is 10.8. The van der Waals surface area contributed by atoms with Gasteiger partial charge >= 0.3 is 5.97 Å². The summed E-state index contributed by atoms with van der Waals surface area (Å²) in [6.07, 6.45) is 6.33. The molecule has 0 bridgehead atoms. The van der Waals surface area contributed by atoms with Crippen molar-refractivity contribution in [3.05, 3.63) is 0 Å². The van der Waals surface area contributed by atoms with Gasteiger partial charge in [-0.3, -0.25) is 4.79 Å². The molecule has 0 amide bonds. The van der Waals surface area contributed by atoms with Gasteiger partial charge in [-0.05, 0) is 37.5 Å². The van der Waals surface area contributed by atoms with Gasteiger partial charge in [0.2, 0.25) is 0 Å². The van der Waals surface area contributed by atoms with Crippen molar-refractivity contribution >= 4 is 5.97 Å². The lowest BCUT2D eigenvalue weighted by molar-refractivity contribution is -0.139. The first-order chi connectivity index (χ1) is 7.45. The normalized spacial score (nSPS) is 21.2. The minimum absolute atomic E-state index is 0.359. The molecule has 94 valence electrons. The summed E-state index contributed by atoms with van der Waals surface area (Å²) in [7, 11) is 0. The fourth-order valence-corrected chi connectivity index (χ4v) is 2.90. The predicted molar refractivity (Wildman–Crippen MR) is 65.5 cm³/mol. The highest BCUT2D eigenvalue weighted by Gasteiger charge is 2.34. The third-order valence-electron chi connectivity index (χ3n) is 3.66. The number of rotatable bonds is 6. The summed E-state index contributed by atoms with van der Waals surface area (Å²) >= 11 is 0. The van der Waals surface area contributed by atoms with E-state index in [1.54, 1.807) is 6.92 Å². The Hall–Kier alpha value is -0.570. The van der Waals surface area contributed by atoms with Gasteiger partial charge in [0.05, 0.1) is 0 Å². The summed E-state index contributed by atoms with van der Waals surface area (Å²) in [6.45, 7) is 7.08. The van der Waals surface area contributed by atoms with Gasteiger partial charge in [-0.15, -0.1) is 0 Å². The van der Waals surface area contributed by atoms with E-state index in [1.165, 1.54) is 32.1 Å². The van der Waals surface area contributed by atoms with Crippen molar-refractivity contribution in [2.75, 3.05) is 6.54 Å². The molecule has 0 aromatic rings. The van der Waals surface area contributed by atoms with Crippen molar-refractivity contribution < 1.29 is 9.90 Å². The molecule has 2 N–H and O–H groups in total. The van der Waals surface area contributed by atoms with Crippen molar-refractivity contribution in [3.8, 4) is 0 Å². The number of carbonyl (C=O) groups is 1. The minimum atomic E-state index is -0.752. The lowest BCUT2D eigenvalue weighted by atomic mass is 9.78. The van der Waals surface area contributed by atoms with Crippen LogP contribution in [-0.2, 0) is 4.79 Å². The van der Waals surface area contributed by atoms with Crippen molar-refractivity contribution in [1.29, 1.82) is 0 Å². The molecule has 1 atom stereocenters. The second kappa shape index (κ2) is 5.67. The maximum atomic E-state index is 10.8. The van der Waals surface area contributed by atoms with E-state index in [2.05, 4.69) is 19.2 Å². The summed E-state index contributed by atoms with van der Waals surface area (Å²) in [5.41, 5.74) is 0.359. The summed E-state index contributed by atoms with van der Waals surface area (Å²) in [6, 6.07) is -0.426. The Balaban J connectivity index is 2.48. The van der Waals surface area contributed by atoms with Gasteiger partial charge < -0.3 is 10.4 Å². The highest BCUT2D eigenvalue weighted by atomic mass is 16.4. The maximum Gasteiger partial charge on any atom is 0.320 e. The smallest absolute Gasteiger partial charge is 0.320 e. The minimum Gasteiger partial charge on any atom is -0.480 e. The van der Waals surface area contributed by atoms with Crippen LogP contribution in [0.4, 0.5) is 0 Å². The van der Waals surface area contributed by atoms with Gasteiger partial charge in [-0.25, -0.2) is 0 Å². The monoisotopic (exact) mass is 227 g/mol. The number of carboxylic acids is 1. The zero-order valence-electron chi connectivity index (χ0n) is 10.8. The molecule has 1 fully saturated rings. The van der Waals surface area contributed by atoms with Crippen LogP contribution in [0.25, 0.3) is 0 Å². The lowest BCUT2D eigenvalue weighted by Gasteiger charge is -2.32. The molecule has 1 rings (SSSR count). The average molecular weight is 227 g/mol. The van der Waals surface area contributed by atoms with Crippen LogP contribution >= 0.6 is 0 Å². The van der Waals surface area contributed by atoms with E-state index in [9.17, 15) is 4.79 Å². The molecular formula is C13H25NO2. The quantitative estimate of drug-likeness (QED) is 0.733. The lowest BCUT2D eigenvalue weighted by Crippen LogP contribution is -2.41. The molecular weight excluding hydrogens is 202 g/mol. The van der Waals surface area contributed by atoms with Crippen molar-refractivity contribution in [2.45, 2.75) is 58.9 Å². The van der Waals surface area contributed by atoms with E-state index >= 15 is 0 Å². The zero-order chi connectivity index (χ0) is 12.2. The molecule has 1 unspecified atom stereocenters. The van der Waals surface area contributed by atoms with Crippen molar-refractivity contribution in [3.63, 3.8) is 0 Å². The molecule has 0 radical (unpaired) electrons. The Morgan fingerprint density at radius 2 is 1.88 bits per heavy atom. The van der Waals surface area contributed by atoms with E-state index < -0.39 is 12.0 Å². The number of carboxylic acid groups (broad SMARTS) is 1. The SMILES string of the molecule is CC(C)CC1(CNC(C)C(=O)O)CCCC1. The second-order valence-corrected chi connectivity index (χ2v) is 5.75. The molecule has 3 heteroatoms. The van der Waals surface area contributed by atoms with E-state index in [1.807, 2.05) is 0 Å². The Labute approximate surface area is 98.6 Å². The highest BCUT2D eigenvalue weighted by Crippen LogP contribution is 2.42. The molecule has 0 spiro atoms. The number of aliphatic carboxylic acids is 1. The fraction of sp³-hybridized carbons (Fsp3) is 0.923. The van der Waals surface area contributed by atoms with Gasteiger partial charge in [0.1, 0.15) is 6.04 Å². The van der Waals surface area contributed by atoms with Crippen LogP contribution in [-0.4, -0.2) is 23.7 Å². The highest BCUT2D eigenvalue weighted by molar-refractivity contribution is 5.72. The summed E-state index contributed by atoms with van der Waals surface area (Å²) in [5, 5.41) is 12.0. The average Bonchev–Trinajstić information content (AvgIpc) is 2.62. The van der Waals surface area contributed by atoms with Gasteiger partial charge in [-0.2, -0.15) is 0 Å². The van der Waals surface area contributed by atoms with Crippen LogP contribution in [0.2, 0.25) is 0 Å². The Kier molecular flexibility index (Phi) is 4.78. The fourth-order valence-electron chi connectivity index (χ4n) is 2.90. The molecule has 1 aliphatic carbocycles. The van der Waals surface area contributed by atoms with Gasteiger partial charge in [0, 0.05) is 6.54 Å². The second-order valence-electron chi connectivity index (χ2n) is 5.75.